The van der Waals surface area contributed by atoms with Gasteiger partial charge in [-0.1, -0.05) is 6.92 Å². The van der Waals surface area contributed by atoms with Crippen LogP contribution in [0.4, 0.5) is 4.39 Å². The average molecular weight is 363 g/mol. The lowest BCUT2D eigenvalue weighted by atomic mass is 10.3. The summed E-state index contributed by atoms with van der Waals surface area (Å²) in [6, 6.07) is 3.26. The molecule has 110 valence electrons. The summed E-state index contributed by atoms with van der Waals surface area (Å²) in [5, 5.41) is 0. The Morgan fingerprint density at radius 1 is 1.45 bits per heavy atom. The summed E-state index contributed by atoms with van der Waals surface area (Å²) in [7, 11) is 2.07. The number of alkyl halides is 1. The Kier molecular flexibility index (Phi) is 5.41. The van der Waals surface area contributed by atoms with Gasteiger partial charge in [0.1, 0.15) is 11.6 Å². The molecular formula is C14H18BrClFN3. The number of benzene rings is 1. The van der Waals surface area contributed by atoms with Crippen molar-refractivity contribution in [1.29, 1.82) is 0 Å². The molecule has 2 rings (SSSR count). The summed E-state index contributed by atoms with van der Waals surface area (Å²) >= 11 is 9.05. The summed E-state index contributed by atoms with van der Waals surface area (Å²) in [5.41, 5.74) is 1.63. The van der Waals surface area contributed by atoms with Gasteiger partial charge in [0, 0.05) is 31.5 Å². The van der Waals surface area contributed by atoms with Gasteiger partial charge >= 0.3 is 0 Å². The van der Waals surface area contributed by atoms with E-state index in [1.165, 1.54) is 6.07 Å². The molecule has 0 saturated carbocycles. The molecule has 0 radical (unpaired) electrons. The van der Waals surface area contributed by atoms with E-state index in [9.17, 15) is 4.39 Å². The highest BCUT2D eigenvalue weighted by Crippen LogP contribution is 2.24. The van der Waals surface area contributed by atoms with E-state index in [4.69, 9.17) is 11.6 Å². The average Bonchev–Trinajstić information content (AvgIpc) is 2.74. The van der Waals surface area contributed by atoms with E-state index in [1.54, 1.807) is 6.07 Å². The van der Waals surface area contributed by atoms with Crippen LogP contribution in [-0.4, -0.2) is 40.5 Å². The first kappa shape index (κ1) is 15.7. The molecular weight excluding hydrogens is 345 g/mol. The molecule has 0 amide bonds. The Morgan fingerprint density at radius 3 is 2.85 bits per heavy atom. The monoisotopic (exact) mass is 361 g/mol. The van der Waals surface area contributed by atoms with Gasteiger partial charge in [0.2, 0.25) is 0 Å². The molecule has 0 fully saturated rings. The van der Waals surface area contributed by atoms with Gasteiger partial charge in [0.05, 0.1) is 15.5 Å². The van der Waals surface area contributed by atoms with Crippen LogP contribution in [0.15, 0.2) is 16.6 Å². The van der Waals surface area contributed by atoms with E-state index in [0.717, 1.165) is 36.5 Å². The first-order chi connectivity index (χ1) is 9.56. The lowest BCUT2D eigenvalue weighted by Gasteiger charge is -2.16. The molecule has 6 heteroatoms. The minimum Gasteiger partial charge on any atom is -0.327 e. The molecule has 0 atom stereocenters. The Balaban J connectivity index is 2.42. The summed E-state index contributed by atoms with van der Waals surface area (Å²) in [6.07, 6.45) is 0.686. The maximum absolute atomic E-state index is 13.8. The van der Waals surface area contributed by atoms with E-state index in [0.29, 0.717) is 16.8 Å². The van der Waals surface area contributed by atoms with E-state index >= 15 is 0 Å². The SMILES string of the molecule is CCN(C)CCn1c(CCCl)nc2cc(Br)c(F)cc21. The summed E-state index contributed by atoms with van der Waals surface area (Å²) in [4.78, 5) is 6.79. The number of imidazole rings is 1. The van der Waals surface area contributed by atoms with E-state index < -0.39 is 0 Å². The Hall–Kier alpha value is -0.650. The van der Waals surface area contributed by atoms with Crippen molar-refractivity contribution in [3.05, 3.63) is 28.2 Å². The van der Waals surface area contributed by atoms with Gasteiger partial charge in [-0.25, -0.2) is 9.37 Å². The number of rotatable bonds is 6. The van der Waals surface area contributed by atoms with Crippen LogP contribution in [0.25, 0.3) is 11.0 Å². The second-order valence-corrected chi connectivity index (χ2v) is 6.00. The lowest BCUT2D eigenvalue weighted by molar-refractivity contribution is 0.335. The maximum Gasteiger partial charge on any atom is 0.139 e. The number of halogens is 3. The van der Waals surface area contributed by atoms with E-state index in [-0.39, 0.29) is 5.82 Å². The second kappa shape index (κ2) is 6.87. The zero-order chi connectivity index (χ0) is 14.7. The van der Waals surface area contributed by atoms with Crippen LogP contribution in [0, 0.1) is 5.82 Å². The highest BCUT2D eigenvalue weighted by atomic mass is 79.9. The zero-order valence-electron chi connectivity index (χ0n) is 11.7. The fraction of sp³-hybridized carbons (Fsp3) is 0.500. The molecule has 1 aromatic heterocycles. The summed E-state index contributed by atoms with van der Waals surface area (Å²) in [5.74, 6) is 1.16. The molecule has 0 N–H and O–H groups in total. The van der Waals surface area contributed by atoms with Gasteiger partial charge in [-0.3, -0.25) is 0 Å². The van der Waals surface area contributed by atoms with Crippen LogP contribution >= 0.6 is 27.5 Å². The summed E-state index contributed by atoms with van der Waals surface area (Å²) in [6.45, 7) is 4.78. The zero-order valence-corrected chi connectivity index (χ0v) is 14.0. The first-order valence-corrected chi connectivity index (χ1v) is 7.98. The van der Waals surface area contributed by atoms with Gasteiger partial charge in [-0.15, -0.1) is 11.6 Å². The van der Waals surface area contributed by atoms with Gasteiger partial charge in [0.25, 0.3) is 0 Å². The minimum absolute atomic E-state index is 0.264. The molecule has 0 aliphatic heterocycles. The maximum atomic E-state index is 13.8. The molecule has 0 spiro atoms. The van der Waals surface area contributed by atoms with Crippen molar-refractivity contribution in [2.75, 3.05) is 26.0 Å². The van der Waals surface area contributed by atoms with Crippen LogP contribution in [-0.2, 0) is 13.0 Å². The smallest absolute Gasteiger partial charge is 0.139 e. The van der Waals surface area contributed by atoms with Crippen LogP contribution in [0.2, 0.25) is 0 Å². The third-order valence-corrected chi connectivity index (χ3v) is 4.23. The Morgan fingerprint density at radius 2 is 2.20 bits per heavy atom. The van der Waals surface area contributed by atoms with Crippen LogP contribution < -0.4 is 0 Å². The highest BCUT2D eigenvalue weighted by Gasteiger charge is 2.13. The second-order valence-electron chi connectivity index (χ2n) is 4.77. The molecule has 1 heterocycles. The van der Waals surface area contributed by atoms with Crippen molar-refractivity contribution in [3.8, 4) is 0 Å². The van der Waals surface area contributed by atoms with Crippen molar-refractivity contribution in [2.24, 2.45) is 0 Å². The number of aryl methyl sites for hydroxylation is 1. The van der Waals surface area contributed by atoms with Crippen molar-refractivity contribution >= 4 is 38.6 Å². The lowest BCUT2D eigenvalue weighted by Crippen LogP contribution is -2.23. The normalized spacial score (nSPS) is 11.7. The van der Waals surface area contributed by atoms with Crippen molar-refractivity contribution < 1.29 is 4.39 Å². The molecule has 20 heavy (non-hydrogen) atoms. The minimum atomic E-state index is -0.264. The topological polar surface area (TPSA) is 21.1 Å². The summed E-state index contributed by atoms with van der Waals surface area (Å²) < 4.78 is 16.3. The molecule has 0 aliphatic rings. The number of hydrogen-bond donors (Lipinski definition) is 0. The standard InChI is InChI=1S/C14H18BrClFN3/c1-3-19(2)6-7-20-13-9-11(17)10(15)8-12(13)18-14(20)4-5-16/h8-9H,3-7H2,1-2H3. The number of aromatic nitrogens is 2. The van der Waals surface area contributed by atoms with Gasteiger partial charge in [-0.2, -0.15) is 0 Å². The number of fused-ring (bicyclic) bond motifs is 1. The van der Waals surface area contributed by atoms with Crippen molar-refractivity contribution in [3.63, 3.8) is 0 Å². The number of likely N-dealkylation sites (N-methyl/N-ethyl adjacent to an activating group) is 1. The van der Waals surface area contributed by atoms with E-state index in [1.807, 2.05) is 0 Å². The van der Waals surface area contributed by atoms with Gasteiger partial charge in [-0.05, 0) is 35.6 Å². The van der Waals surface area contributed by atoms with Crippen molar-refractivity contribution in [1.82, 2.24) is 14.5 Å². The predicted molar refractivity (Wildman–Crippen MR) is 85.0 cm³/mol. The number of nitrogens with zero attached hydrogens (tertiary/aromatic N) is 3. The van der Waals surface area contributed by atoms with Crippen LogP contribution in [0.5, 0.6) is 0 Å². The third-order valence-electron chi connectivity index (χ3n) is 3.43. The Labute approximate surface area is 131 Å². The molecule has 3 nitrogen and oxygen atoms in total. The molecule has 0 saturated heterocycles. The highest BCUT2D eigenvalue weighted by molar-refractivity contribution is 9.10. The fourth-order valence-electron chi connectivity index (χ4n) is 2.12. The molecule has 0 bridgehead atoms. The van der Waals surface area contributed by atoms with Gasteiger partial charge in [0.15, 0.2) is 0 Å². The largest absolute Gasteiger partial charge is 0.327 e. The molecule has 0 unspecified atom stereocenters. The molecule has 2 aromatic rings. The van der Waals surface area contributed by atoms with Crippen molar-refractivity contribution in [2.45, 2.75) is 19.9 Å². The van der Waals surface area contributed by atoms with Gasteiger partial charge < -0.3 is 9.47 Å². The van der Waals surface area contributed by atoms with Crippen LogP contribution in [0.1, 0.15) is 12.7 Å². The third kappa shape index (κ3) is 3.32. The Bertz CT molecular complexity index is 600. The van der Waals surface area contributed by atoms with E-state index in [2.05, 4.69) is 44.4 Å². The fourth-order valence-corrected chi connectivity index (χ4v) is 2.62. The van der Waals surface area contributed by atoms with Crippen LogP contribution in [0.3, 0.4) is 0 Å². The predicted octanol–water partition coefficient (Wildman–Crippen LogP) is 3.67. The number of hydrogen-bond acceptors (Lipinski definition) is 2. The quantitative estimate of drug-likeness (QED) is 0.731. The first-order valence-electron chi connectivity index (χ1n) is 6.65. The molecule has 1 aromatic carbocycles. The molecule has 0 aliphatic carbocycles.